The average Bonchev–Trinajstić information content (AvgIpc) is 2.45. The van der Waals surface area contributed by atoms with E-state index in [4.69, 9.17) is 0 Å². The number of benzene rings is 1. The van der Waals surface area contributed by atoms with Crippen LogP contribution in [0, 0.1) is 6.92 Å². The maximum atomic E-state index is 12.4. The number of fused-ring (bicyclic) bond motifs is 1. The van der Waals surface area contributed by atoms with Gasteiger partial charge in [-0.1, -0.05) is 22.9 Å². The summed E-state index contributed by atoms with van der Waals surface area (Å²) in [7, 11) is -6.00. The van der Waals surface area contributed by atoms with Crippen molar-refractivity contribution in [2.24, 2.45) is 0 Å². The second kappa shape index (κ2) is 6.82. The number of carbonyl (C=O) groups excluding carboxylic acids is 2. The third-order valence-electron chi connectivity index (χ3n) is 3.18. The Morgan fingerprint density at radius 3 is 2.29 bits per heavy atom. The summed E-state index contributed by atoms with van der Waals surface area (Å²) in [5, 5.41) is 1.19. The van der Waals surface area contributed by atoms with Crippen LogP contribution in [-0.4, -0.2) is 19.1 Å². The number of amides is 2. The Labute approximate surface area is 135 Å². The van der Waals surface area contributed by atoms with Gasteiger partial charge < -0.3 is 17.3 Å². The van der Waals surface area contributed by atoms with Crippen LogP contribution in [0.2, 0.25) is 0 Å². The van der Waals surface area contributed by atoms with Gasteiger partial charge in [0.25, 0.3) is 5.91 Å². The molecule has 0 saturated carbocycles. The van der Waals surface area contributed by atoms with Crippen molar-refractivity contribution in [2.75, 3.05) is 5.01 Å². The fourth-order valence-electron chi connectivity index (χ4n) is 2.28. The minimum absolute atomic E-state index is 0.209. The Morgan fingerprint density at radius 2 is 1.67 bits per heavy atom. The third-order valence-corrected chi connectivity index (χ3v) is 3.18. The van der Waals surface area contributed by atoms with Gasteiger partial charge in [0, 0.05) is 17.2 Å². The Balaban J connectivity index is 0.000000368. The van der Waals surface area contributed by atoms with Crippen LogP contribution in [-0.2, 0) is 11.2 Å². The van der Waals surface area contributed by atoms with E-state index in [2.05, 4.69) is 0 Å². The zero-order chi connectivity index (χ0) is 17.9. The van der Waals surface area contributed by atoms with Gasteiger partial charge in [0.15, 0.2) is 0 Å². The van der Waals surface area contributed by atoms with Gasteiger partial charge in [-0.05, 0) is 29.6 Å². The maximum Gasteiger partial charge on any atom is 0.673 e. The zero-order valence-electron chi connectivity index (χ0n) is 12.6. The first-order chi connectivity index (χ1) is 11.2. The molecule has 1 aromatic carbocycles. The number of aryl methyl sites for hydroxylation is 1. The molecule has 1 aromatic heterocycles. The summed E-state index contributed by atoms with van der Waals surface area (Å²) in [5.74, 6) is -0.484. The average molecular weight is 340 g/mol. The van der Waals surface area contributed by atoms with Gasteiger partial charge in [0.05, 0.1) is 6.42 Å². The van der Waals surface area contributed by atoms with E-state index in [0.717, 1.165) is 11.1 Å². The second-order valence-electron chi connectivity index (χ2n) is 5.10. The lowest BCUT2D eigenvalue weighted by atomic mass is 10.00. The van der Waals surface area contributed by atoms with Gasteiger partial charge >= 0.3 is 13.2 Å². The van der Waals surface area contributed by atoms with Gasteiger partial charge in [-0.2, -0.15) is 0 Å². The van der Waals surface area contributed by atoms with Crippen molar-refractivity contribution in [1.29, 1.82) is 0 Å². The first kappa shape index (κ1) is 17.6. The predicted molar refractivity (Wildman–Crippen MR) is 79.3 cm³/mol. The summed E-state index contributed by atoms with van der Waals surface area (Å²) in [6.45, 7) is 1.92. The highest BCUT2D eigenvalue weighted by molar-refractivity contribution is 6.50. The van der Waals surface area contributed by atoms with Crippen molar-refractivity contribution in [3.8, 4) is 0 Å². The van der Waals surface area contributed by atoms with Crippen molar-refractivity contribution in [1.82, 2.24) is 0 Å². The third kappa shape index (κ3) is 4.40. The predicted octanol–water partition coefficient (Wildman–Crippen LogP) is 2.44. The Kier molecular flexibility index (Phi) is 5.01. The van der Waals surface area contributed by atoms with Crippen LogP contribution in [0.25, 0.3) is 0 Å². The van der Waals surface area contributed by atoms with Crippen LogP contribution in [0.4, 0.5) is 17.3 Å². The van der Waals surface area contributed by atoms with Crippen LogP contribution in [0.15, 0.2) is 48.8 Å². The van der Waals surface area contributed by atoms with E-state index in [1.165, 1.54) is 5.01 Å². The zero-order valence-corrected chi connectivity index (χ0v) is 12.6. The number of rotatable bonds is 1. The molecule has 0 unspecified atom stereocenters. The molecule has 2 aromatic rings. The first-order valence-corrected chi connectivity index (χ1v) is 6.97. The van der Waals surface area contributed by atoms with E-state index in [1.54, 1.807) is 23.1 Å². The van der Waals surface area contributed by atoms with Gasteiger partial charge in [-0.25, -0.2) is 0 Å². The highest BCUT2D eigenvalue weighted by Gasteiger charge is 2.37. The molecule has 0 bridgehead atoms. The van der Waals surface area contributed by atoms with Crippen LogP contribution < -0.4 is 9.69 Å². The number of imide groups is 1. The largest absolute Gasteiger partial charge is 0.673 e. The second-order valence-corrected chi connectivity index (χ2v) is 5.10. The van der Waals surface area contributed by atoms with Crippen LogP contribution in [0.5, 0.6) is 0 Å². The standard InChI is InChI=1S/C15H13N2O2.BF4/c1-11-5-4-8-16(10-11)17-14(18)9-12-6-2-3-7-13(12)15(17)19;2-1(3,4)5/h2-8,10H,9H2,1H3;/q+1;-1. The fourth-order valence-corrected chi connectivity index (χ4v) is 2.28. The van der Waals surface area contributed by atoms with Gasteiger partial charge in [-0.15, -0.1) is 0 Å². The van der Waals surface area contributed by atoms with Crippen molar-refractivity contribution in [3.05, 3.63) is 65.5 Å². The fraction of sp³-hybridized carbons (Fsp3) is 0.133. The first-order valence-electron chi connectivity index (χ1n) is 6.97. The van der Waals surface area contributed by atoms with Crippen LogP contribution in [0.3, 0.4) is 0 Å². The number of nitrogens with zero attached hydrogens (tertiary/aromatic N) is 2. The van der Waals surface area contributed by atoms with Crippen molar-refractivity contribution in [2.45, 2.75) is 13.3 Å². The summed E-state index contributed by atoms with van der Waals surface area (Å²) < 4.78 is 40.6. The number of hydrogen-bond donors (Lipinski definition) is 0. The highest BCUT2D eigenvalue weighted by Crippen LogP contribution is 2.17. The van der Waals surface area contributed by atoms with Crippen LogP contribution >= 0.6 is 0 Å². The molecule has 0 N–H and O–H groups in total. The lowest BCUT2D eigenvalue weighted by molar-refractivity contribution is -0.673. The summed E-state index contributed by atoms with van der Waals surface area (Å²) in [6.07, 6.45) is 3.73. The number of pyridine rings is 1. The normalized spacial score (nSPS) is 14.0. The molecule has 3 rings (SSSR count). The lowest BCUT2D eigenvalue weighted by Gasteiger charge is -2.20. The number of halogens is 4. The topological polar surface area (TPSA) is 41.3 Å². The number of aromatic nitrogens is 1. The Hall–Kier alpha value is -2.71. The van der Waals surface area contributed by atoms with Crippen molar-refractivity contribution >= 4 is 19.1 Å². The highest BCUT2D eigenvalue weighted by atomic mass is 19.5. The van der Waals surface area contributed by atoms with E-state index in [9.17, 15) is 26.9 Å². The SMILES string of the molecule is Cc1ccc[n+](N2C(=O)Cc3ccccc3C2=O)c1.F[B-](F)(F)F. The minimum Gasteiger partial charge on any atom is -0.418 e. The van der Waals surface area contributed by atoms with Gasteiger partial charge in [0.2, 0.25) is 12.4 Å². The summed E-state index contributed by atoms with van der Waals surface area (Å²) in [5.41, 5.74) is 2.38. The van der Waals surface area contributed by atoms with Crippen molar-refractivity contribution < 1.29 is 31.5 Å². The van der Waals surface area contributed by atoms with E-state index >= 15 is 0 Å². The maximum absolute atomic E-state index is 12.4. The van der Waals surface area contributed by atoms with Crippen molar-refractivity contribution in [3.63, 3.8) is 0 Å². The lowest BCUT2D eigenvalue weighted by Crippen LogP contribution is -2.65. The summed E-state index contributed by atoms with van der Waals surface area (Å²) in [4.78, 5) is 24.6. The number of carbonyl (C=O) groups is 2. The van der Waals surface area contributed by atoms with E-state index in [0.29, 0.717) is 5.56 Å². The molecule has 1 aliphatic rings. The molecule has 0 aliphatic carbocycles. The van der Waals surface area contributed by atoms with Gasteiger partial charge in [-0.3, -0.25) is 9.59 Å². The van der Waals surface area contributed by atoms with E-state index in [-0.39, 0.29) is 18.2 Å². The number of hydrogen-bond acceptors (Lipinski definition) is 2. The molecule has 0 saturated heterocycles. The molecule has 0 atom stereocenters. The molecule has 24 heavy (non-hydrogen) atoms. The molecule has 0 radical (unpaired) electrons. The van der Waals surface area contributed by atoms with Gasteiger partial charge in [0.1, 0.15) is 0 Å². The molecular weight excluding hydrogens is 327 g/mol. The van der Waals surface area contributed by atoms with E-state index < -0.39 is 7.25 Å². The smallest absolute Gasteiger partial charge is 0.418 e. The minimum atomic E-state index is -6.00. The van der Waals surface area contributed by atoms with E-state index in [1.807, 2.05) is 37.3 Å². The summed E-state index contributed by atoms with van der Waals surface area (Å²) >= 11 is 0. The summed E-state index contributed by atoms with van der Waals surface area (Å²) in [6, 6.07) is 11.0. The molecule has 2 amide bonds. The molecule has 1 aliphatic heterocycles. The molecule has 4 nitrogen and oxygen atoms in total. The quantitative estimate of drug-likeness (QED) is 0.346. The molecule has 0 fully saturated rings. The molecule has 2 heterocycles. The molecule has 126 valence electrons. The Morgan fingerprint density at radius 1 is 1.04 bits per heavy atom. The monoisotopic (exact) mass is 340 g/mol. The Bertz CT molecular complexity index is 774. The van der Waals surface area contributed by atoms with Crippen LogP contribution in [0.1, 0.15) is 21.5 Å². The molecule has 0 spiro atoms. The molecule has 9 heteroatoms. The molecular formula is C15H13BF4N2O2.